The van der Waals surface area contributed by atoms with E-state index in [9.17, 15) is 4.39 Å². The normalized spacial score (nSPS) is 11.3. The number of nitriles is 1. The molecule has 14 heavy (non-hydrogen) atoms. The second-order valence-corrected chi connectivity index (χ2v) is 2.69. The number of halogens is 2. The summed E-state index contributed by atoms with van der Waals surface area (Å²) in [5, 5.41) is 8.54. The van der Waals surface area contributed by atoms with Gasteiger partial charge in [0.1, 0.15) is 11.9 Å². The van der Waals surface area contributed by atoms with Gasteiger partial charge in [-0.2, -0.15) is 5.26 Å². The van der Waals surface area contributed by atoms with Crippen LogP contribution < -0.4 is 11.5 Å². The second-order valence-electron chi connectivity index (χ2n) is 2.69. The first-order valence-corrected chi connectivity index (χ1v) is 3.84. The van der Waals surface area contributed by atoms with Gasteiger partial charge in [-0.15, -0.1) is 12.4 Å². The van der Waals surface area contributed by atoms with Gasteiger partial charge in [-0.25, -0.2) is 4.39 Å². The second kappa shape index (κ2) is 5.55. The van der Waals surface area contributed by atoms with Crippen LogP contribution in [0.25, 0.3) is 0 Å². The summed E-state index contributed by atoms with van der Waals surface area (Å²) in [5.74, 6) is -0.532. The molecule has 3 nitrogen and oxygen atoms in total. The summed E-state index contributed by atoms with van der Waals surface area (Å²) in [6, 6.07) is 5.59. The number of nitrogens with two attached hydrogens (primary N) is 2. The molecule has 1 atom stereocenters. The Morgan fingerprint density at radius 2 is 2.14 bits per heavy atom. The van der Waals surface area contributed by atoms with Gasteiger partial charge in [0, 0.05) is 12.6 Å². The van der Waals surface area contributed by atoms with E-state index in [1.54, 1.807) is 6.07 Å². The molecule has 76 valence electrons. The monoisotopic (exact) mass is 215 g/mol. The predicted octanol–water partition coefficient (Wildman–Crippen LogP) is 1.08. The standard InChI is InChI=1S/C9H10FN3.ClH/c10-8-2-1-6(9(13)5-12)3-7(8)4-11;/h1-3,9H,5,12-13H2;1H/t9-;/m1./s1. The van der Waals surface area contributed by atoms with Crippen molar-refractivity contribution in [3.63, 3.8) is 0 Å². The van der Waals surface area contributed by atoms with Crippen molar-refractivity contribution >= 4 is 12.4 Å². The van der Waals surface area contributed by atoms with E-state index >= 15 is 0 Å². The molecule has 0 unspecified atom stereocenters. The van der Waals surface area contributed by atoms with Gasteiger partial charge in [0.05, 0.1) is 5.56 Å². The van der Waals surface area contributed by atoms with Crippen LogP contribution >= 0.6 is 12.4 Å². The fourth-order valence-corrected chi connectivity index (χ4v) is 0.995. The van der Waals surface area contributed by atoms with Gasteiger partial charge < -0.3 is 11.5 Å². The minimum atomic E-state index is -0.532. The third-order valence-electron chi connectivity index (χ3n) is 1.79. The first-order valence-electron chi connectivity index (χ1n) is 3.84. The summed E-state index contributed by atoms with van der Waals surface area (Å²) in [7, 11) is 0. The molecule has 0 heterocycles. The van der Waals surface area contributed by atoms with Gasteiger partial charge in [0.2, 0.25) is 0 Å². The Morgan fingerprint density at radius 1 is 1.50 bits per heavy atom. The number of hydrogen-bond acceptors (Lipinski definition) is 3. The van der Waals surface area contributed by atoms with Crippen LogP contribution in [0.3, 0.4) is 0 Å². The van der Waals surface area contributed by atoms with Crippen molar-refractivity contribution in [2.45, 2.75) is 6.04 Å². The molecular weight excluding hydrogens is 205 g/mol. The van der Waals surface area contributed by atoms with Gasteiger partial charge in [0.15, 0.2) is 0 Å². The van der Waals surface area contributed by atoms with E-state index in [1.165, 1.54) is 18.2 Å². The van der Waals surface area contributed by atoms with Crippen LogP contribution in [0.1, 0.15) is 17.2 Å². The highest BCUT2D eigenvalue weighted by Gasteiger charge is 2.07. The molecule has 1 rings (SSSR count). The lowest BCUT2D eigenvalue weighted by molar-refractivity contribution is 0.621. The fraction of sp³-hybridized carbons (Fsp3) is 0.222. The Balaban J connectivity index is 0.00000169. The molecule has 4 N–H and O–H groups in total. The van der Waals surface area contributed by atoms with Crippen molar-refractivity contribution in [2.24, 2.45) is 11.5 Å². The Hall–Kier alpha value is -1.15. The lowest BCUT2D eigenvalue weighted by Crippen LogP contribution is -2.20. The van der Waals surface area contributed by atoms with Gasteiger partial charge in [-0.1, -0.05) is 6.07 Å². The fourth-order valence-electron chi connectivity index (χ4n) is 0.995. The SMILES string of the molecule is Cl.N#Cc1cc([C@H](N)CN)ccc1F. The summed E-state index contributed by atoms with van der Waals surface area (Å²) in [6.07, 6.45) is 0. The van der Waals surface area contributed by atoms with E-state index in [2.05, 4.69) is 0 Å². The van der Waals surface area contributed by atoms with E-state index < -0.39 is 5.82 Å². The quantitative estimate of drug-likeness (QED) is 0.775. The van der Waals surface area contributed by atoms with Crippen molar-refractivity contribution in [2.75, 3.05) is 6.54 Å². The zero-order valence-electron chi connectivity index (χ0n) is 7.40. The molecule has 1 aromatic carbocycles. The molecule has 0 fully saturated rings. The summed E-state index contributed by atoms with van der Waals surface area (Å²) < 4.78 is 12.8. The Labute approximate surface area is 87.9 Å². The molecule has 5 heteroatoms. The summed E-state index contributed by atoms with van der Waals surface area (Å²) in [5.41, 5.74) is 11.6. The highest BCUT2D eigenvalue weighted by atomic mass is 35.5. The van der Waals surface area contributed by atoms with Crippen LogP contribution in [-0.2, 0) is 0 Å². The number of rotatable bonds is 2. The smallest absolute Gasteiger partial charge is 0.140 e. The summed E-state index contributed by atoms with van der Waals surface area (Å²) >= 11 is 0. The van der Waals surface area contributed by atoms with Crippen molar-refractivity contribution in [1.82, 2.24) is 0 Å². The maximum Gasteiger partial charge on any atom is 0.140 e. The van der Waals surface area contributed by atoms with Crippen LogP contribution in [0.5, 0.6) is 0 Å². The molecule has 0 aliphatic heterocycles. The third kappa shape index (κ3) is 2.67. The van der Waals surface area contributed by atoms with Crippen molar-refractivity contribution in [1.29, 1.82) is 5.26 Å². The average molecular weight is 216 g/mol. The first kappa shape index (κ1) is 12.8. The van der Waals surface area contributed by atoms with Crippen molar-refractivity contribution < 1.29 is 4.39 Å². The molecule has 0 spiro atoms. The van der Waals surface area contributed by atoms with Gasteiger partial charge in [0.25, 0.3) is 0 Å². The molecule has 0 bridgehead atoms. The van der Waals surface area contributed by atoms with E-state index in [0.717, 1.165) is 0 Å². The maximum atomic E-state index is 12.8. The molecule has 0 radical (unpaired) electrons. The van der Waals surface area contributed by atoms with Crippen LogP contribution in [0.15, 0.2) is 18.2 Å². The van der Waals surface area contributed by atoms with Crippen molar-refractivity contribution in [3.05, 3.63) is 35.1 Å². The lowest BCUT2D eigenvalue weighted by atomic mass is 10.0. The zero-order chi connectivity index (χ0) is 9.84. The largest absolute Gasteiger partial charge is 0.329 e. The van der Waals surface area contributed by atoms with Gasteiger partial charge >= 0.3 is 0 Å². The summed E-state index contributed by atoms with van der Waals surface area (Å²) in [4.78, 5) is 0. The highest BCUT2D eigenvalue weighted by molar-refractivity contribution is 5.85. The Morgan fingerprint density at radius 3 is 2.64 bits per heavy atom. The molecule has 0 aromatic heterocycles. The van der Waals surface area contributed by atoms with Crippen LogP contribution in [0, 0.1) is 17.1 Å². The molecule has 0 aliphatic carbocycles. The molecule has 0 aliphatic rings. The zero-order valence-corrected chi connectivity index (χ0v) is 8.22. The molecule has 1 aromatic rings. The van der Waals surface area contributed by atoms with Gasteiger partial charge in [-0.3, -0.25) is 0 Å². The molecule has 0 saturated carbocycles. The lowest BCUT2D eigenvalue weighted by Gasteiger charge is -2.08. The number of benzene rings is 1. The molecular formula is C9H11ClFN3. The van der Waals surface area contributed by atoms with Crippen LogP contribution in [-0.4, -0.2) is 6.54 Å². The topological polar surface area (TPSA) is 75.8 Å². The van der Waals surface area contributed by atoms with E-state index in [-0.39, 0.29) is 30.6 Å². The molecule has 0 saturated heterocycles. The Bertz CT molecular complexity index is 348. The highest BCUT2D eigenvalue weighted by Crippen LogP contribution is 2.13. The maximum absolute atomic E-state index is 12.8. The number of nitrogens with zero attached hydrogens (tertiary/aromatic N) is 1. The summed E-state index contributed by atoms with van der Waals surface area (Å²) in [6.45, 7) is 0.274. The first-order chi connectivity index (χ1) is 6.19. The van der Waals surface area contributed by atoms with E-state index in [0.29, 0.717) is 5.56 Å². The minimum absolute atomic E-state index is 0. The minimum Gasteiger partial charge on any atom is -0.329 e. The van der Waals surface area contributed by atoms with Crippen molar-refractivity contribution in [3.8, 4) is 6.07 Å². The number of hydrogen-bond donors (Lipinski definition) is 2. The third-order valence-corrected chi connectivity index (χ3v) is 1.79. The predicted molar refractivity (Wildman–Crippen MR) is 54.3 cm³/mol. The van der Waals surface area contributed by atoms with Crippen LogP contribution in [0.2, 0.25) is 0 Å². The average Bonchev–Trinajstić information content (AvgIpc) is 2.17. The van der Waals surface area contributed by atoms with E-state index in [4.69, 9.17) is 16.7 Å². The molecule has 0 amide bonds. The van der Waals surface area contributed by atoms with Crippen LogP contribution in [0.4, 0.5) is 4.39 Å². The van der Waals surface area contributed by atoms with Gasteiger partial charge in [-0.05, 0) is 17.7 Å². The Kier molecular flexibility index (Phi) is 5.10. The van der Waals surface area contributed by atoms with E-state index in [1.807, 2.05) is 0 Å².